The number of rotatable bonds is 5. The van der Waals surface area contributed by atoms with E-state index < -0.39 is 4.92 Å². The maximum atomic E-state index is 13.0. The van der Waals surface area contributed by atoms with E-state index in [1.807, 2.05) is 13.2 Å². The smallest absolute Gasteiger partial charge is 0.269 e. The molecule has 1 saturated heterocycles. The number of aryl methyl sites for hydroxylation is 1. The molecule has 1 fully saturated rings. The highest BCUT2D eigenvalue weighted by atomic mass is 35.5. The summed E-state index contributed by atoms with van der Waals surface area (Å²) in [5.74, 6) is -0.174. The van der Waals surface area contributed by atoms with Crippen LogP contribution in [0.1, 0.15) is 17.0 Å². The van der Waals surface area contributed by atoms with E-state index >= 15 is 0 Å². The zero-order chi connectivity index (χ0) is 18.8. The first-order chi connectivity index (χ1) is 12.4. The maximum Gasteiger partial charge on any atom is 0.269 e. The minimum absolute atomic E-state index is 0.0218. The Kier molecular flexibility index (Phi) is 5.24. The summed E-state index contributed by atoms with van der Waals surface area (Å²) in [6.07, 6.45) is 3.71. The van der Waals surface area contributed by atoms with Crippen LogP contribution in [0.4, 0.5) is 5.69 Å². The summed E-state index contributed by atoms with van der Waals surface area (Å²) in [6.45, 7) is 1.52. The van der Waals surface area contributed by atoms with Crippen molar-refractivity contribution in [3.05, 3.63) is 56.9 Å². The topological polar surface area (TPSA) is 93.3 Å². The number of nitro benzene ring substituents is 1. The second-order valence-electron chi connectivity index (χ2n) is 6.55. The van der Waals surface area contributed by atoms with Crippen molar-refractivity contribution in [1.29, 1.82) is 0 Å². The molecule has 1 aliphatic heterocycles. The van der Waals surface area contributed by atoms with E-state index in [1.165, 1.54) is 18.2 Å². The maximum absolute atomic E-state index is 13.0. The molecule has 3 rings (SSSR count). The molecule has 0 saturated carbocycles. The summed E-state index contributed by atoms with van der Waals surface area (Å²) in [5, 5.41) is 18.8. The summed E-state index contributed by atoms with van der Waals surface area (Å²) < 4.78 is 1.72. The molecule has 0 unspecified atom stereocenters. The van der Waals surface area contributed by atoms with Gasteiger partial charge in [-0.1, -0.05) is 11.6 Å². The van der Waals surface area contributed by atoms with Gasteiger partial charge in [0.15, 0.2) is 0 Å². The van der Waals surface area contributed by atoms with Gasteiger partial charge in [-0.3, -0.25) is 19.6 Å². The standard InChI is InChI=1S/C17H20ClN5O3/c1-21(9-11-5-13(23(25)26)3-4-16(11)18)17(24)15-8-19-7-14(15)12-6-20-22(2)10-12/h3-6,10,14-15,19H,7-9H2,1-2H3/t14-,15+/m1/s1. The molecule has 26 heavy (non-hydrogen) atoms. The molecule has 1 amide bonds. The van der Waals surface area contributed by atoms with Crippen molar-refractivity contribution in [2.75, 3.05) is 20.1 Å². The van der Waals surface area contributed by atoms with Gasteiger partial charge in [-0.05, 0) is 17.2 Å². The third-order valence-electron chi connectivity index (χ3n) is 4.71. The molecule has 8 nitrogen and oxygen atoms in total. The van der Waals surface area contributed by atoms with Crippen LogP contribution in [0, 0.1) is 16.0 Å². The molecule has 138 valence electrons. The monoisotopic (exact) mass is 377 g/mol. The number of aromatic nitrogens is 2. The molecule has 2 heterocycles. The Labute approximate surface area is 155 Å². The van der Waals surface area contributed by atoms with Gasteiger partial charge in [0, 0.05) is 63.0 Å². The highest BCUT2D eigenvalue weighted by Crippen LogP contribution is 2.30. The second kappa shape index (κ2) is 7.43. The van der Waals surface area contributed by atoms with Crippen molar-refractivity contribution in [1.82, 2.24) is 20.0 Å². The predicted octanol–water partition coefficient (Wildman–Crippen LogP) is 1.94. The zero-order valence-electron chi connectivity index (χ0n) is 14.6. The first kappa shape index (κ1) is 18.3. The first-order valence-electron chi connectivity index (χ1n) is 8.24. The number of non-ortho nitro benzene ring substituents is 1. The summed E-state index contributed by atoms with van der Waals surface area (Å²) in [4.78, 5) is 25.0. The van der Waals surface area contributed by atoms with E-state index in [0.29, 0.717) is 23.7 Å². The Morgan fingerprint density at radius 2 is 2.27 bits per heavy atom. The van der Waals surface area contributed by atoms with Crippen molar-refractivity contribution in [3.8, 4) is 0 Å². The number of hydrogen-bond donors (Lipinski definition) is 1. The summed E-state index contributed by atoms with van der Waals surface area (Å²) in [5.41, 5.74) is 1.54. The third kappa shape index (κ3) is 3.71. The summed E-state index contributed by atoms with van der Waals surface area (Å²) >= 11 is 6.15. The van der Waals surface area contributed by atoms with Gasteiger partial charge in [-0.15, -0.1) is 0 Å². The number of hydrogen-bond acceptors (Lipinski definition) is 5. The van der Waals surface area contributed by atoms with Crippen LogP contribution in [-0.4, -0.2) is 45.6 Å². The molecule has 2 atom stereocenters. The molecular weight excluding hydrogens is 358 g/mol. The van der Waals surface area contributed by atoms with Crippen LogP contribution in [0.25, 0.3) is 0 Å². The lowest BCUT2D eigenvalue weighted by Gasteiger charge is -2.24. The van der Waals surface area contributed by atoms with Crippen LogP contribution in [0.2, 0.25) is 5.02 Å². The quantitative estimate of drug-likeness (QED) is 0.635. The van der Waals surface area contributed by atoms with Gasteiger partial charge < -0.3 is 10.2 Å². The Balaban J connectivity index is 1.75. The Bertz CT molecular complexity index is 838. The van der Waals surface area contributed by atoms with E-state index in [9.17, 15) is 14.9 Å². The molecule has 1 N–H and O–H groups in total. The van der Waals surface area contributed by atoms with Crippen molar-refractivity contribution in [2.45, 2.75) is 12.5 Å². The van der Waals surface area contributed by atoms with Gasteiger partial charge in [0.05, 0.1) is 17.0 Å². The van der Waals surface area contributed by atoms with Gasteiger partial charge >= 0.3 is 0 Å². The van der Waals surface area contributed by atoms with Crippen LogP contribution in [0.15, 0.2) is 30.6 Å². The lowest BCUT2D eigenvalue weighted by molar-refractivity contribution is -0.384. The number of nitrogens with zero attached hydrogens (tertiary/aromatic N) is 4. The summed E-state index contributed by atoms with van der Waals surface area (Å²) in [7, 11) is 3.54. The van der Waals surface area contributed by atoms with E-state index in [-0.39, 0.29) is 30.0 Å². The Morgan fingerprint density at radius 1 is 1.50 bits per heavy atom. The van der Waals surface area contributed by atoms with Crippen molar-refractivity contribution in [3.63, 3.8) is 0 Å². The lowest BCUT2D eigenvalue weighted by atomic mass is 9.90. The van der Waals surface area contributed by atoms with Crippen LogP contribution in [0.3, 0.4) is 0 Å². The number of halogens is 1. The number of amides is 1. The second-order valence-corrected chi connectivity index (χ2v) is 6.95. The summed E-state index contributed by atoms with van der Waals surface area (Å²) in [6, 6.07) is 4.26. The fraction of sp³-hybridized carbons (Fsp3) is 0.412. The van der Waals surface area contributed by atoms with Gasteiger partial charge in [0.25, 0.3) is 5.69 Å². The zero-order valence-corrected chi connectivity index (χ0v) is 15.3. The molecular formula is C17H20ClN5O3. The van der Waals surface area contributed by atoms with Gasteiger partial charge in [-0.2, -0.15) is 5.10 Å². The first-order valence-corrected chi connectivity index (χ1v) is 8.61. The van der Waals surface area contributed by atoms with Crippen molar-refractivity contribution >= 4 is 23.2 Å². The molecule has 1 aromatic heterocycles. The number of carbonyl (C=O) groups is 1. The average Bonchev–Trinajstić information content (AvgIpc) is 3.24. The fourth-order valence-electron chi connectivity index (χ4n) is 3.33. The van der Waals surface area contributed by atoms with E-state index in [2.05, 4.69) is 10.4 Å². The minimum Gasteiger partial charge on any atom is -0.341 e. The Morgan fingerprint density at radius 3 is 2.92 bits per heavy atom. The number of nitro groups is 1. The predicted molar refractivity (Wildman–Crippen MR) is 96.9 cm³/mol. The number of nitrogens with one attached hydrogen (secondary N) is 1. The third-order valence-corrected chi connectivity index (χ3v) is 5.08. The molecule has 9 heteroatoms. The van der Waals surface area contributed by atoms with Crippen molar-refractivity contribution in [2.24, 2.45) is 13.0 Å². The molecule has 2 aromatic rings. The molecule has 0 aliphatic carbocycles. The number of carbonyl (C=O) groups excluding carboxylic acids is 1. The molecule has 1 aliphatic rings. The van der Waals surface area contributed by atoms with Gasteiger partial charge in [-0.25, -0.2) is 0 Å². The fourth-order valence-corrected chi connectivity index (χ4v) is 3.51. The van der Waals surface area contributed by atoms with Crippen LogP contribution in [0.5, 0.6) is 0 Å². The lowest BCUT2D eigenvalue weighted by Crippen LogP contribution is -2.35. The molecule has 1 aromatic carbocycles. The average molecular weight is 378 g/mol. The highest BCUT2D eigenvalue weighted by molar-refractivity contribution is 6.31. The van der Waals surface area contributed by atoms with E-state index in [0.717, 1.165) is 5.56 Å². The highest BCUT2D eigenvalue weighted by Gasteiger charge is 2.36. The normalized spacial score (nSPS) is 19.5. The van der Waals surface area contributed by atoms with Crippen LogP contribution in [-0.2, 0) is 18.4 Å². The van der Waals surface area contributed by atoms with E-state index in [1.54, 1.807) is 22.8 Å². The Hall–Kier alpha value is -2.45. The van der Waals surface area contributed by atoms with Gasteiger partial charge in [0.2, 0.25) is 5.91 Å². The van der Waals surface area contributed by atoms with Crippen LogP contribution >= 0.6 is 11.6 Å². The van der Waals surface area contributed by atoms with Crippen LogP contribution < -0.4 is 5.32 Å². The van der Waals surface area contributed by atoms with Crippen molar-refractivity contribution < 1.29 is 9.72 Å². The van der Waals surface area contributed by atoms with E-state index in [4.69, 9.17) is 11.6 Å². The largest absolute Gasteiger partial charge is 0.341 e. The molecule has 0 radical (unpaired) electrons. The molecule has 0 bridgehead atoms. The minimum atomic E-state index is -0.471. The molecule has 0 spiro atoms. The van der Waals surface area contributed by atoms with Gasteiger partial charge in [0.1, 0.15) is 0 Å². The SMILES string of the molecule is CN(Cc1cc([N+](=O)[O-])ccc1Cl)C(=O)[C@H]1CNC[C@@H]1c1cnn(C)c1. The number of benzene rings is 1.